The zero-order chi connectivity index (χ0) is 11.5. The van der Waals surface area contributed by atoms with E-state index >= 15 is 0 Å². The second-order valence-corrected chi connectivity index (χ2v) is 4.88. The molecule has 86 valence electrons. The van der Waals surface area contributed by atoms with Crippen molar-refractivity contribution in [1.29, 1.82) is 0 Å². The van der Waals surface area contributed by atoms with Gasteiger partial charge in [0.1, 0.15) is 16.6 Å². The average molecular weight is 304 g/mol. The SMILES string of the molecule is FC1CNC(C(=S)Nc2cccc(Br)n2)C1. The predicted molar refractivity (Wildman–Crippen MR) is 69.5 cm³/mol. The molecule has 1 aliphatic heterocycles. The van der Waals surface area contributed by atoms with Gasteiger partial charge in [-0.05, 0) is 28.1 Å². The number of thiocarbonyl (C=S) groups is 1. The number of anilines is 1. The van der Waals surface area contributed by atoms with E-state index in [1.807, 2.05) is 18.2 Å². The molecule has 1 fully saturated rings. The molecule has 0 aromatic carbocycles. The van der Waals surface area contributed by atoms with Gasteiger partial charge in [0, 0.05) is 13.0 Å². The van der Waals surface area contributed by atoms with Crippen LogP contribution in [0.25, 0.3) is 0 Å². The second-order valence-electron chi connectivity index (χ2n) is 3.63. The first-order chi connectivity index (χ1) is 7.65. The first kappa shape index (κ1) is 11.9. The van der Waals surface area contributed by atoms with E-state index in [1.165, 1.54) is 0 Å². The lowest BCUT2D eigenvalue weighted by atomic mass is 10.2. The smallest absolute Gasteiger partial charge is 0.132 e. The van der Waals surface area contributed by atoms with Crippen LogP contribution in [0.1, 0.15) is 6.42 Å². The van der Waals surface area contributed by atoms with Gasteiger partial charge in [0.15, 0.2) is 0 Å². The molecule has 1 aliphatic rings. The Bertz CT molecular complexity index is 401. The van der Waals surface area contributed by atoms with Gasteiger partial charge in [0.25, 0.3) is 0 Å². The molecule has 0 amide bonds. The summed E-state index contributed by atoms with van der Waals surface area (Å²) in [5, 5.41) is 6.03. The molecule has 1 saturated heterocycles. The maximum Gasteiger partial charge on any atom is 0.132 e. The van der Waals surface area contributed by atoms with E-state index in [0.717, 1.165) is 4.60 Å². The van der Waals surface area contributed by atoms with Crippen LogP contribution >= 0.6 is 28.1 Å². The van der Waals surface area contributed by atoms with Gasteiger partial charge in [-0.2, -0.15) is 0 Å². The Hall–Kier alpha value is -0.590. The predicted octanol–water partition coefficient (Wildman–Crippen LogP) is 2.28. The number of halogens is 2. The minimum Gasteiger partial charge on any atom is -0.333 e. The number of nitrogens with one attached hydrogen (secondary N) is 2. The zero-order valence-corrected chi connectivity index (χ0v) is 10.8. The Labute approximate surface area is 107 Å². The minimum atomic E-state index is -0.805. The van der Waals surface area contributed by atoms with Crippen LogP contribution in [0.2, 0.25) is 0 Å². The molecule has 0 bridgehead atoms. The molecule has 2 heterocycles. The van der Waals surface area contributed by atoms with Crippen molar-refractivity contribution in [2.45, 2.75) is 18.6 Å². The highest BCUT2D eigenvalue weighted by atomic mass is 79.9. The summed E-state index contributed by atoms with van der Waals surface area (Å²) in [5.74, 6) is 0.670. The van der Waals surface area contributed by atoms with Crippen LogP contribution in [0, 0.1) is 0 Å². The molecule has 16 heavy (non-hydrogen) atoms. The molecule has 1 aromatic heterocycles. The molecule has 2 rings (SSSR count). The van der Waals surface area contributed by atoms with Gasteiger partial charge in [0.05, 0.1) is 11.0 Å². The van der Waals surface area contributed by atoms with Crippen molar-refractivity contribution >= 4 is 39.0 Å². The number of nitrogens with zero attached hydrogens (tertiary/aromatic N) is 1. The van der Waals surface area contributed by atoms with E-state index in [1.54, 1.807) is 0 Å². The molecule has 1 aromatic rings. The fourth-order valence-corrected chi connectivity index (χ4v) is 2.21. The monoisotopic (exact) mass is 303 g/mol. The fourth-order valence-electron chi connectivity index (χ4n) is 1.58. The Morgan fingerprint density at radius 3 is 3.06 bits per heavy atom. The van der Waals surface area contributed by atoms with Gasteiger partial charge >= 0.3 is 0 Å². The summed E-state index contributed by atoms with van der Waals surface area (Å²) in [6.07, 6.45) is -0.375. The molecular weight excluding hydrogens is 293 g/mol. The van der Waals surface area contributed by atoms with Crippen molar-refractivity contribution < 1.29 is 4.39 Å². The standard InChI is InChI=1S/C10H11BrFN3S/c11-8-2-1-3-9(14-8)15-10(16)7-4-6(12)5-13-7/h1-3,6-7,13H,4-5H2,(H,14,15,16). The van der Waals surface area contributed by atoms with Gasteiger partial charge in [-0.25, -0.2) is 9.37 Å². The van der Waals surface area contributed by atoms with Gasteiger partial charge < -0.3 is 10.6 Å². The van der Waals surface area contributed by atoms with Crippen LogP contribution in [-0.2, 0) is 0 Å². The van der Waals surface area contributed by atoms with Crippen LogP contribution < -0.4 is 10.6 Å². The molecule has 2 unspecified atom stereocenters. The third-order valence-electron chi connectivity index (χ3n) is 2.36. The first-order valence-electron chi connectivity index (χ1n) is 4.96. The maximum absolute atomic E-state index is 13.0. The van der Waals surface area contributed by atoms with Crippen LogP contribution in [0.15, 0.2) is 22.8 Å². The first-order valence-corrected chi connectivity index (χ1v) is 6.16. The number of alkyl halides is 1. The van der Waals surface area contributed by atoms with Gasteiger partial charge in [-0.1, -0.05) is 18.3 Å². The number of hydrogen-bond acceptors (Lipinski definition) is 3. The Balaban J connectivity index is 1.97. The lowest BCUT2D eigenvalue weighted by molar-refractivity contribution is 0.359. The van der Waals surface area contributed by atoms with Crippen molar-refractivity contribution in [3.05, 3.63) is 22.8 Å². The highest BCUT2D eigenvalue weighted by molar-refractivity contribution is 9.10. The van der Waals surface area contributed by atoms with Crippen molar-refractivity contribution in [3.63, 3.8) is 0 Å². The van der Waals surface area contributed by atoms with E-state index in [-0.39, 0.29) is 6.04 Å². The van der Waals surface area contributed by atoms with Crippen LogP contribution in [-0.4, -0.2) is 28.7 Å². The summed E-state index contributed by atoms with van der Waals surface area (Å²) in [6, 6.07) is 5.42. The number of rotatable bonds is 2. The summed E-state index contributed by atoms with van der Waals surface area (Å²) >= 11 is 8.47. The third kappa shape index (κ3) is 2.96. The van der Waals surface area contributed by atoms with Crippen LogP contribution in [0.5, 0.6) is 0 Å². The molecule has 2 atom stereocenters. The molecule has 3 nitrogen and oxygen atoms in total. The van der Waals surface area contributed by atoms with Crippen molar-refractivity contribution in [2.24, 2.45) is 0 Å². The zero-order valence-electron chi connectivity index (χ0n) is 8.41. The quantitative estimate of drug-likeness (QED) is 0.649. The third-order valence-corrected chi connectivity index (χ3v) is 3.19. The topological polar surface area (TPSA) is 37.0 Å². The largest absolute Gasteiger partial charge is 0.333 e. The molecular formula is C10H11BrFN3S. The lowest BCUT2D eigenvalue weighted by Crippen LogP contribution is -2.34. The summed E-state index contributed by atoms with van der Waals surface area (Å²) in [5.41, 5.74) is 0. The summed E-state index contributed by atoms with van der Waals surface area (Å²) in [4.78, 5) is 4.79. The van der Waals surface area contributed by atoms with E-state index < -0.39 is 6.17 Å². The highest BCUT2D eigenvalue weighted by Gasteiger charge is 2.26. The molecule has 6 heteroatoms. The maximum atomic E-state index is 13.0. The fraction of sp³-hybridized carbons (Fsp3) is 0.400. The lowest BCUT2D eigenvalue weighted by Gasteiger charge is -2.13. The molecule has 0 radical (unpaired) electrons. The molecule has 0 aliphatic carbocycles. The summed E-state index contributed by atoms with van der Waals surface area (Å²) in [7, 11) is 0. The van der Waals surface area contributed by atoms with Crippen molar-refractivity contribution in [1.82, 2.24) is 10.3 Å². The second kappa shape index (κ2) is 5.16. The highest BCUT2D eigenvalue weighted by Crippen LogP contribution is 2.14. The van der Waals surface area contributed by atoms with E-state index in [9.17, 15) is 4.39 Å². The average Bonchev–Trinajstić information content (AvgIpc) is 2.65. The molecule has 0 saturated carbocycles. The van der Waals surface area contributed by atoms with Gasteiger partial charge in [-0.3, -0.25) is 0 Å². The van der Waals surface area contributed by atoms with E-state index in [0.29, 0.717) is 23.8 Å². The van der Waals surface area contributed by atoms with Crippen LogP contribution in [0.4, 0.5) is 10.2 Å². The number of hydrogen-bond donors (Lipinski definition) is 2. The van der Waals surface area contributed by atoms with Gasteiger partial charge in [0.2, 0.25) is 0 Å². The van der Waals surface area contributed by atoms with Gasteiger partial charge in [-0.15, -0.1) is 0 Å². The normalized spacial score (nSPS) is 24.4. The van der Waals surface area contributed by atoms with E-state index in [4.69, 9.17) is 12.2 Å². The van der Waals surface area contributed by atoms with E-state index in [2.05, 4.69) is 31.5 Å². The Kier molecular flexibility index (Phi) is 3.83. The Morgan fingerprint density at radius 2 is 2.44 bits per heavy atom. The molecule has 0 spiro atoms. The summed E-state index contributed by atoms with van der Waals surface area (Å²) < 4.78 is 13.7. The summed E-state index contributed by atoms with van der Waals surface area (Å²) in [6.45, 7) is 0.373. The van der Waals surface area contributed by atoms with Crippen molar-refractivity contribution in [2.75, 3.05) is 11.9 Å². The minimum absolute atomic E-state index is 0.0919. The number of pyridine rings is 1. The molecule has 2 N–H and O–H groups in total. The van der Waals surface area contributed by atoms with Crippen LogP contribution in [0.3, 0.4) is 0 Å². The van der Waals surface area contributed by atoms with Crippen molar-refractivity contribution in [3.8, 4) is 0 Å². The number of aromatic nitrogens is 1. The Morgan fingerprint density at radius 1 is 1.62 bits per heavy atom.